The first-order chi connectivity index (χ1) is 16.2. The minimum absolute atomic E-state index is 0.0276. The van der Waals surface area contributed by atoms with Gasteiger partial charge in [-0.15, -0.1) is 0 Å². The molecule has 0 unspecified atom stereocenters. The zero-order valence-electron chi connectivity index (χ0n) is 19.1. The molecule has 9 heteroatoms. The van der Waals surface area contributed by atoms with E-state index in [9.17, 15) is 18.0 Å². The number of ether oxygens (including phenoxy) is 1. The number of carbonyl (C=O) groups excluding carboxylic acids is 2. The van der Waals surface area contributed by atoms with Crippen LogP contribution in [0.2, 0.25) is 0 Å². The van der Waals surface area contributed by atoms with E-state index in [-0.39, 0.29) is 23.7 Å². The van der Waals surface area contributed by atoms with Crippen LogP contribution in [0.1, 0.15) is 16.7 Å². The highest BCUT2D eigenvalue weighted by Gasteiger charge is 2.43. The maximum Gasteiger partial charge on any atom is 0.343 e. The number of rotatable bonds is 6. The quantitative estimate of drug-likeness (QED) is 0.581. The van der Waals surface area contributed by atoms with E-state index in [1.54, 1.807) is 63.4 Å². The third-order valence-corrected chi connectivity index (χ3v) is 7.39. The number of urea groups is 1. The highest BCUT2D eigenvalue weighted by Crippen LogP contribution is 2.39. The molecule has 8 nitrogen and oxygen atoms in total. The standard InChI is InChI=1S/C25H25N3O5S/c1-17-7-6-8-18(2)24(17)28-25(30)27(21-9-4-5-10-22(21)34(28,31)32)16-23(29)26-15-19-11-13-20(33-3)14-12-19/h4-14H,15-16H2,1-3H3,(H,26,29). The summed E-state index contributed by atoms with van der Waals surface area (Å²) in [6.07, 6.45) is 0. The van der Waals surface area contributed by atoms with Crippen LogP contribution in [0, 0.1) is 13.8 Å². The minimum Gasteiger partial charge on any atom is -0.497 e. The lowest BCUT2D eigenvalue weighted by molar-refractivity contribution is -0.119. The SMILES string of the molecule is COc1ccc(CNC(=O)CN2C(=O)N(c3c(C)cccc3C)S(=O)(=O)c3ccccc32)cc1. The van der Waals surface area contributed by atoms with E-state index in [1.165, 1.54) is 17.0 Å². The molecule has 0 aromatic heterocycles. The lowest BCUT2D eigenvalue weighted by atomic mass is 10.1. The number of carbonyl (C=O) groups is 2. The second-order valence-corrected chi connectivity index (χ2v) is 9.73. The Kier molecular flexibility index (Phi) is 6.30. The molecule has 3 aromatic rings. The molecule has 0 radical (unpaired) electrons. The van der Waals surface area contributed by atoms with Gasteiger partial charge in [0.25, 0.3) is 10.0 Å². The molecule has 0 bridgehead atoms. The second-order valence-electron chi connectivity index (χ2n) is 7.97. The van der Waals surface area contributed by atoms with Crippen LogP contribution in [0.5, 0.6) is 5.75 Å². The maximum absolute atomic E-state index is 13.6. The number of aryl methyl sites for hydroxylation is 2. The predicted octanol–water partition coefficient (Wildman–Crippen LogP) is 3.76. The Morgan fingerprint density at radius 3 is 2.24 bits per heavy atom. The average molecular weight is 480 g/mol. The fourth-order valence-corrected chi connectivity index (χ4v) is 5.67. The summed E-state index contributed by atoms with van der Waals surface area (Å²) in [7, 11) is -2.59. The van der Waals surface area contributed by atoms with Gasteiger partial charge in [0.2, 0.25) is 5.91 Å². The largest absolute Gasteiger partial charge is 0.497 e. The summed E-state index contributed by atoms with van der Waals surface area (Å²) in [5.41, 5.74) is 2.61. The van der Waals surface area contributed by atoms with Crippen LogP contribution in [0.25, 0.3) is 0 Å². The number of hydrogen-bond donors (Lipinski definition) is 1. The zero-order chi connectivity index (χ0) is 24.5. The predicted molar refractivity (Wildman–Crippen MR) is 130 cm³/mol. The van der Waals surface area contributed by atoms with Gasteiger partial charge in [-0.25, -0.2) is 13.2 Å². The normalized spacial score (nSPS) is 14.5. The van der Waals surface area contributed by atoms with Gasteiger partial charge in [0.05, 0.1) is 18.5 Å². The fourth-order valence-electron chi connectivity index (χ4n) is 3.95. The number of nitrogens with zero attached hydrogens (tertiary/aromatic N) is 2. The van der Waals surface area contributed by atoms with Crippen LogP contribution in [0.3, 0.4) is 0 Å². The molecule has 34 heavy (non-hydrogen) atoms. The van der Waals surface area contributed by atoms with Crippen molar-refractivity contribution in [2.24, 2.45) is 0 Å². The van der Waals surface area contributed by atoms with Crippen LogP contribution < -0.4 is 19.3 Å². The molecule has 4 rings (SSSR count). The Balaban J connectivity index is 1.65. The zero-order valence-corrected chi connectivity index (χ0v) is 19.9. The Bertz CT molecular complexity index is 1330. The molecule has 1 aliphatic rings. The van der Waals surface area contributed by atoms with Crippen molar-refractivity contribution in [2.75, 3.05) is 22.9 Å². The number of sulfonamides is 1. The first kappa shape index (κ1) is 23.3. The summed E-state index contributed by atoms with van der Waals surface area (Å²) in [5, 5.41) is 2.79. The second kappa shape index (κ2) is 9.18. The van der Waals surface area contributed by atoms with Crippen molar-refractivity contribution in [3.63, 3.8) is 0 Å². The molecule has 1 N–H and O–H groups in total. The number of anilines is 2. The number of hydrogen-bond acceptors (Lipinski definition) is 5. The van der Waals surface area contributed by atoms with E-state index in [0.717, 1.165) is 9.87 Å². The van der Waals surface area contributed by atoms with Crippen molar-refractivity contribution in [1.29, 1.82) is 0 Å². The molecular weight excluding hydrogens is 454 g/mol. The lowest BCUT2D eigenvalue weighted by Gasteiger charge is -2.37. The summed E-state index contributed by atoms with van der Waals surface area (Å²) < 4.78 is 32.9. The third-order valence-electron chi connectivity index (χ3n) is 5.67. The van der Waals surface area contributed by atoms with Crippen molar-refractivity contribution in [3.05, 3.63) is 83.4 Å². The Labute approximate surface area is 198 Å². The molecule has 0 saturated carbocycles. The molecule has 0 fully saturated rings. The maximum atomic E-state index is 13.6. The molecule has 0 spiro atoms. The average Bonchev–Trinajstić information content (AvgIpc) is 2.82. The summed E-state index contributed by atoms with van der Waals surface area (Å²) in [5.74, 6) is 0.290. The van der Waals surface area contributed by atoms with Crippen LogP contribution in [0.4, 0.5) is 16.2 Å². The van der Waals surface area contributed by atoms with E-state index < -0.39 is 22.0 Å². The van der Waals surface area contributed by atoms with Crippen LogP contribution in [0.15, 0.2) is 71.6 Å². The number of nitrogens with one attached hydrogen (secondary N) is 1. The van der Waals surface area contributed by atoms with Gasteiger partial charge in [0.1, 0.15) is 17.2 Å². The van der Waals surface area contributed by atoms with E-state index in [1.807, 2.05) is 12.1 Å². The van der Waals surface area contributed by atoms with Gasteiger partial charge in [-0.2, -0.15) is 4.31 Å². The van der Waals surface area contributed by atoms with Crippen molar-refractivity contribution in [1.82, 2.24) is 5.32 Å². The highest BCUT2D eigenvalue weighted by atomic mass is 32.2. The Hall–Kier alpha value is -3.85. The minimum atomic E-state index is -4.16. The number of amides is 3. The van der Waals surface area contributed by atoms with Crippen LogP contribution in [-0.4, -0.2) is 34.0 Å². The molecule has 3 aromatic carbocycles. The summed E-state index contributed by atoms with van der Waals surface area (Å²) in [6.45, 7) is 3.42. The number of benzene rings is 3. The first-order valence-corrected chi connectivity index (χ1v) is 12.1. The number of para-hydroxylation sites is 2. The molecule has 1 aliphatic heterocycles. The van der Waals surface area contributed by atoms with E-state index in [2.05, 4.69) is 5.32 Å². The third kappa shape index (κ3) is 4.22. The van der Waals surface area contributed by atoms with E-state index in [0.29, 0.717) is 22.6 Å². The van der Waals surface area contributed by atoms with Gasteiger partial charge in [-0.1, -0.05) is 42.5 Å². The number of fused-ring (bicyclic) bond motifs is 1. The molecule has 0 aliphatic carbocycles. The first-order valence-electron chi connectivity index (χ1n) is 10.7. The van der Waals surface area contributed by atoms with Crippen LogP contribution in [-0.2, 0) is 21.4 Å². The van der Waals surface area contributed by atoms with Crippen molar-refractivity contribution in [3.8, 4) is 5.75 Å². The van der Waals surface area contributed by atoms with E-state index >= 15 is 0 Å². The van der Waals surface area contributed by atoms with E-state index in [4.69, 9.17) is 4.74 Å². The van der Waals surface area contributed by atoms with Crippen molar-refractivity contribution < 1.29 is 22.7 Å². The van der Waals surface area contributed by atoms with Gasteiger partial charge in [-0.05, 0) is 54.8 Å². The highest BCUT2D eigenvalue weighted by molar-refractivity contribution is 7.94. The van der Waals surface area contributed by atoms with Gasteiger partial charge >= 0.3 is 6.03 Å². The molecule has 176 valence electrons. The van der Waals surface area contributed by atoms with Gasteiger partial charge in [0.15, 0.2) is 0 Å². The number of methoxy groups -OCH3 is 1. The topological polar surface area (TPSA) is 96.0 Å². The Morgan fingerprint density at radius 2 is 1.59 bits per heavy atom. The summed E-state index contributed by atoms with van der Waals surface area (Å²) in [6, 6.07) is 17.9. The Morgan fingerprint density at radius 1 is 0.941 bits per heavy atom. The lowest BCUT2D eigenvalue weighted by Crippen LogP contribution is -2.54. The molecule has 1 heterocycles. The van der Waals surface area contributed by atoms with Crippen molar-refractivity contribution in [2.45, 2.75) is 25.3 Å². The molecule has 3 amide bonds. The molecular formula is C25H25N3O5S. The van der Waals surface area contributed by atoms with Gasteiger partial charge < -0.3 is 10.1 Å². The van der Waals surface area contributed by atoms with Crippen LogP contribution >= 0.6 is 0 Å². The summed E-state index contributed by atoms with van der Waals surface area (Å²) in [4.78, 5) is 27.5. The smallest absolute Gasteiger partial charge is 0.343 e. The van der Waals surface area contributed by atoms with Gasteiger partial charge in [0, 0.05) is 6.54 Å². The van der Waals surface area contributed by atoms with Gasteiger partial charge in [-0.3, -0.25) is 9.69 Å². The van der Waals surface area contributed by atoms with Crippen molar-refractivity contribution >= 4 is 33.3 Å². The monoisotopic (exact) mass is 479 g/mol. The molecule has 0 atom stereocenters. The molecule has 0 saturated heterocycles. The fraction of sp³-hybridized carbons (Fsp3) is 0.200. The summed E-state index contributed by atoms with van der Waals surface area (Å²) >= 11 is 0.